The summed E-state index contributed by atoms with van der Waals surface area (Å²) in [7, 11) is 1.59. The Morgan fingerprint density at radius 2 is 1.76 bits per heavy atom. The monoisotopic (exact) mass is 407 g/mol. The summed E-state index contributed by atoms with van der Waals surface area (Å²) < 4.78 is 11.1. The Kier molecular flexibility index (Phi) is 7.19. The Labute approximate surface area is 176 Å². The van der Waals surface area contributed by atoms with Crippen molar-refractivity contribution in [2.24, 2.45) is 0 Å². The second-order valence-electron chi connectivity index (χ2n) is 6.52. The number of carbonyl (C=O) groups is 1. The van der Waals surface area contributed by atoms with E-state index in [1.807, 2.05) is 62.4 Å². The summed E-state index contributed by atoms with van der Waals surface area (Å²) >= 11 is 1.71. The van der Waals surface area contributed by atoms with E-state index < -0.39 is 0 Å². The van der Waals surface area contributed by atoms with E-state index >= 15 is 0 Å². The van der Waals surface area contributed by atoms with Gasteiger partial charge in [0.15, 0.2) is 0 Å². The molecule has 29 heavy (non-hydrogen) atoms. The molecule has 0 saturated carbocycles. The van der Waals surface area contributed by atoms with Crippen LogP contribution in [0.4, 0.5) is 5.69 Å². The van der Waals surface area contributed by atoms with E-state index in [2.05, 4.69) is 17.4 Å². The summed E-state index contributed by atoms with van der Waals surface area (Å²) in [4.78, 5) is 14.1. The third kappa shape index (κ3) is 5.55. The van der Waals surface area contributed by atoms with Crippen LogP contribution in [0.15, 0.2) is 71.6 Å². The van der Waals surface area contributed by atoms with Crippen LogP contribution in [-0.4, -0.2) is 19.6 Å². The van der Waals surface area contributed by atoms with E-state index in [0.717, 1.165) is 16.9 Å². The number of carbonyl (C=O) groups excluding carboxylic acids is 1. The maximum atomic E-state index is 12.9. The summed E-state index contributed by atoms with van der Waals surface area (Å²) in [5, 5.41) is 2.96. The molecular weight excluding hydrogens is 382 g/mol. The summed E-state index contributed by atoms with van der Waals surface area (Å²) in [5.74, 6) is 1.98. The quantitative estimate of drug-likeness (QED) is 0.469. The van der Waals surface area contributed by atoms with Crippen molar-refractivity contribution in [3.8, 4) is 11.5 Å². The van der Waals surface area contributed by atoms with E-state index in [9.17, 15) is 4.79 Å². The van der Waals surface area contributed by atoms with Crippen molar-refractivity contribution < 1.29 is 14.3 Å². The number of rotatable bonds is 8. The number of benzene rings is 3. The zero-order valence-corrected chi connectivity index (χ0v) is 17.7. The van der Waals surface area contributed by atoms with Crippen molar-refractivity contribution in [2.45, 2.75) is 24.5 Å². The lowest BCUT2D eigenvalue weighted by molar-refractivity contribution is 0.102. The van der Waals surface area contributed by atoms with Crippen molar-refractivity contribution in [1.29, 1.82) is 0 Å². The van der Waals surface area contributed by atoms with Gasteiger partial charge in [-0.05, 0) is 61.9 Å². The van der Waals surface area contributed by atoms with E-state index in [-0.39, 0.29) is 5.91 Å². The molecule has 0 aliphatic heterocycles. The smallest absolute Gasteiger partial charge is 0.255 e. The van der Waals surface area contributed by atoms with Crippen LogP contribution in [-0.2, 0) is 5.75 Å². The highest BCUT2D eigenvalue weighted by atomic mass is 32.2. The molecule has 0 fully saturated rings. The highest BCUT2D eigenvalue weighted by Crippen LogP contribution is 2.30. The van der Waals surface area contributed by atoms with Crippen LogP contribution >= 0.6 is 11.8 Å². The summed E-state index contributed by atoms with van der Waals surface area (Å²) in [6.07, 6.45) is 0. The Hall–Kier alpha value is -2.92. The second kappa shape index (κ2) is 10.0. The van der Waals surface area contributed by atoms with Crippen molar-refractivity contribution in [3.05, 3.63) is 83.4 Å². The zero-order valence-electron chi connectivity index (χ0n) is 16.9. The van der Waals surface area contributed by atoms with Gasteiger partial charge in [0, 0.05) is 21.8 Å². The number of amides is 1. The van der Waals surface area contributed by atoms with Gasteiger partial charge in [-0.3, -0.25) is 4.79 Å². The second-order valence-corrected chi connectivity index (χ2v) is 7.56. The minimum absolute atomic E-state index is 0.178. The van der Waals surface area contributed by atoms with Gasteiger partial charge in [0.2, 0.25) is 0 Å². The minimum Gasteiger partial charge on any atom is -0.495 e. The molecule has 150 valence electrons. The van der Waals surface area contributed by atoms with Gasteiger partial charge < -0.3 is 14.8 Å². The number of hydrogen-bond donors (Lipinski definition) is 1. The molecule has 0 aliphatic carbocycles. The van der Waals surface area contributed by atoms with E-state index in [0.29, 0.717) is 29.4 Å². The van der Waals surface area contributed by atoms with Crippen LogP contribution in [0.25, 0.3) is 0 Å². The van der Waals surface area contributed by atoms with Gasteiger partial charge in [0.05, 0.1) is 19.4 Å². The minimum atomic E-state index is -0.178. The molecule has 0 bridgehead atoms. The first-order valence-corrected chi connectivity index (χ1v) is 10.5. The Morgan fingerprint density at radius 1 is 1.00 bits per heavy atom. The molecule has 0 spiro atoms. The fourth-order valence-corrected chi connectivity index (χ4v) is 3.82. The number of aryl methyl sites for hydroxylation is 1. The number of thioether (sulfide) groups is 1. The molecular formula is C24H25NO3S. The lowest BCUT2D eigenvalue weighted by Gasteiger charge is -2.14. The highest BCUT2D eigenvalue weighted by Gasteiger charge is 2.13. The first kappa shape index (κ1) is 20.8. The van der Waals surface area contributed by atoms with Crippen LogP contribution < -0.4 is 14.8 Å². The fourth-order valence-electron chi connectivity index (χ4n) is 2.92. The Morgan fingerprint density at radius 3 is 2.48 bits per heavy atom. The molecule has 4 nitrogen and oxygen atoms in total. The van der Waals surface area contributed by atoms with Crippen LogP contribution in [0.5, 0.6) is 11.5 Å². The largest absolute Gasteiger partial charge is 0.495 e. The summed E-state index contributed by atoms with van der Waals surface area (Å²) in [6, 6.07) is 21.4. The summed E-state index contributed by atoms with van der Waals surface area (Å²) in [5.41, 5.74) is 3.28. The average Bonchev–Trinajstić information content (AvgIpc) is 2.74. The first-order valence-electron chi connectivity index (χ1n) is 9.50. The molecule has 1 N–H and O–H groups in total. The highest BCUT2D eigenvalue weighted by molar-refractivity contribution is 7.98. The predicted octanol–water partition coefficient (Wildman–Crippen LogP) is 5.95. The summed E-state index contributed by atoms with van der Waals surface area (Å²) in [6.45, 7) is 4.51. The van der Waals surface area contributed by atoms with E-state index in [1.54, 1.807) is 24.9 Å². The maximum absolute atomic E-state index is 12.9. The molecule has 3 rings (SSSR count). The number of nitrogens with one attached hydrogen (secondary N) is 1. The molecule has 0 aliphatic rings. The van der Waals surface area contributed by atoms with Gasteiger partial charge in [-0.2, -0.15) is 0 Å². The molecule has 3 aromatic carbocycles. The molecule has 1 amide bonds. The predicted molar refractivity (Wildman–Crippen MR) is 119 cm³/mol. The van der Waals surface area contributed by atoms with Crippen molar-refractivity contribution in [1.82, 2.24) is 0 Å². The van der Waals surface area contributed by atoms with Gasteiger partial charge in [0.25, 0.3) is 5.91 Å². The maximum Gasteiger partial charge on any atom is 0.255 e. The van der Waals surface area contributed by atoms with Gasteiger partial charge in [-0.25, -0.2) is 0 Å². The Bertz CT molecular complexity index is 973. The van der Waals surface area contributed by atoms with Crippen LogP contribution in [0.1, 0.15) is 28.4 Å². The van der Waals surface area contributed by atoms with Gasteiger partial charge >= 0.3 is 0 Å². The molecule has 5 heteroatoms. The van der Waals surface area contributed by atoms with Crippen molar-refractivity contribution in [2.75, 3.05) is 19.0 Å². The third-order valence-corrected chi connectivity index (χ3v) is 5.42. The zero-order chi connectivity index (χ0) is 20.6. The molecule has 3 aromatic rings. The topological polar surface area (TPSA) is 47.6 Å². The average molecular weight is 408 g/mol. The van der Waals surface area contributed by atoms with E-state index in [4.69, 9.17) is 9.47 Å². The normalized spacial score (nSPS) is 10.4. The van der Waals surface area contributed by atoms with Crippen molar-refractivity contribution in [3.63, 3.8) is 0 Å². The van der Waals surface area contributed by atoms with Gasteiger partial charge in [0.1, 0.15) is 11.5 Å². The van der Waals surface area contributed by atoms with Crippen LogP contribution in [0, 0.1) is 6.92 Å². The lowest BCUT2D eigenvalue weighted by atomic mass is 10.1. The SMILES string of the molecule is CCOc1ccc(C(=O)Nc2cc(C)ccc2OC)cc1CSc1ccccc1. The molecule has 0 saturated heterocycles. The number of ether oxygens (including phenoxy) is 2. The van der Waals surface area contributed by atoms with Crippen LogP contribution in [0.2, 0.25) is 0 Å². The first-order chi connectivity index (χ1) is 14.1. The van der Waals surface area contributed by atoms with E-state index in [1.165, 1.54) is 4.90 Å². The molecule has 0 aromatic heterocycles. The molecule has 0 radical (unpaired) electrons. The molecule has 0 heterocycles. The van der Waals surface area contributed by atoms with Gasteiger partial charge in [-0.15, -0.1) is 11.8 Å². The van der Waals surface area contributed by atoms with Crippen LogP contribution in [0.3, 0.4) is 0 Å². The number of anilines is 1. The lowest BCUT2D eigenvalue weighted by Crippen LogP contribution is -2.13. The number of methoxy groups -OCH3 is 1. The standard InChI is InChI=1S/C24H25NO3S/c1-4-28-22-13-11-18(15-19(22)16-29-20-8-6-5-7-9-20)24(26)25-21-14-17(2)10-12-23(21)27-3/h5-15H,4,16H2,1-3H3,(H,25,26). The fraction of sp³-hybridized carbons (Fsp3) is 0.208. The third-order valence-electron chi connectivity index (χ3n) is 4.36. The van der Waals surface area contributed by atoms with Crippen molar-refractivity contribution >= 4 is 23.4 Å². The van der Waals surface area contributed by atoms with Gasteiger partial charge in [-0.1, -0.05) is 24.3 Å². The molecule has 0 unspecified atom stereocenters. The molecule has 0 atom stereocenters. The number of hydrogen-bond acceptors (Lipinski definition) is 4. The Balaban J connectivity index is 1.81.